The fourth-order valence-electron chi connectivity index (χ4n) is 5.71. The van der Waals surface area contributed by atoms with Crippen LogP contribution in [0.1, 0.15) is 44.3 Å². The molecule has 2 aromatic rings. The van der Waals surface area contributed by atoms with Crippen LogP contribution >= 0.6 is 11.6 Å². The number of hydrogen-bond acceptors (Lipinski definition) is 3. The van der Waals surface area contributed by atoms with Crippen LogP contribution in [0.15, 0.2) is 18.2 Å². The number of aromatic amines is 1. The number of nitrogen functional groups attached to an aromatic ring is 1. The summed E-state index contributed by atoms with van der Waals surface area (Å²) in [6.45, 7) is 0. The monoisotopic (exact) mass is 328 g/mol. The molecular weight excluding hydrogens is 308 g/mol. The minimum absolute atomic E-state index is 0.248. The summed E-state index contributed by atoms with van der Waals surface area (Å²) >= 11 is 6.01. The molecule has 0 amide bonds. The highest BCUT2D eigenvalue weighted by Gasteiger charge is 2.53. The van der Waals surface area contributed by atoms with E-state index in [4.69, 9.17) is 22.3 Å². The van der Waals surface area contributed by atoms with Crippen molar-refractivity contribution in [3.63, 3.8) is 0 Å². The maximum atomic E-state index is 6.01. The van der Waals surface area contributed by atoms with Gasteiger partial charge in [-0.1, -0.05) is 11.6 Å². The second-order valence-corrected chi connectivity index (χ2v) is 8.35. The third kappa shape index (κ3) is 2.11. The molecule has 4 aliphatic rings. The van der Waals surface area contributed by atoms with Crippen molar-refractivity contribution in [2.45, 2.75) is 43.9 Å². The van der Waals surface area contributed by atoms with E-state index in [0.717, 1.165) is 35.0 Å². The summed E-state index contributed by atoms with van der Waals surface area (Å²) in [5.41, 5.74) is 7.67. The van der Waals surface area contributed by atoms with Gasteiger partial charge in [0.2, 0.25) is 0 Å². The van der Waals surface area contributed by atoms with Gasteiger partial charge in [-0.3, -0.25) is 5.10 Å². The first kappa shape index (κ1) is 13.8. The number of aromatic nitrogens is 3. The number of H-pyrrole nitrogens is 1. The average molecular weight is 329 g/mol. The SMILES string of the molecule is Nc1cc(-c2n[nH]c(C34CC5CC(CC(C5)C3)C4)n2)ccc1Cl. The summed E-state index contributed by atoms with van der Waals surface area (Å²) in [5, 5.41) is 8.31. The molecule has 0 spiro atoms. The van der Waals surface area contributed by atoms with E-state index in [1.165, 1.54) is 38.5 Å². The zero-order valence-electron chi connectivity index (χ0n) is 13.1. The molecule has 6 rings (SSSR count). The molecule has 4 fully saturated rings. The molecule has 1 heterocycles. The fraction of sp³-hybridized carbons (Fsp3) is 0.556. The highest BCUT2D eigenvalue weighted by molar-refractivity contribution is 6.33. The molecule has 120 valence electrons. The van der Waals surface area contributed by atoms with Crippen LogP contribution in [-0.4, -0.2) is 15.2 Å². The molecule has 0 aliphatic heterocycles. The maximum absolute atomic E-state index is 6.01. The fourth-order valence-corrected chi connectivity index (χ4v) is 5.83. The predicted molar refractivity (Wildman–Crippen MR) is 91.1 cm³/mol. The smallest absolute Gasteiger partial charge is 0.181 e. The summed E-state index contributed by atoms with van der Waals surface area (Å²) in [4.78, 5) is 4.88. The molecule has 4 bridgehead atoms. The molecule has 0 radical (unpaired) electrons. The van der Waals surface area contributed by atoms with Gasteiger partial charge in [0.25, 0.3) is 0 Å². The molecule has 5 heteroatoms. The summed E-state index contributed by atoms with van der Waals surface area (Å²) in [5.74, 6) is 4.54. The van der Waals surface area contributed by atoms with E-state index < -0.39 is 0 Å². The van der Waals surface area contributed by atoms with Crippen molar-refractivity contribution in [1.82, 2.24) is 15.2 Å². The Morgan fingerprint density at radius 1 is 1.09 bits per heavy atom. The Morgan fingerprint density at radius 3 is 2.35 bits per heavy atom. The van der Waals surface area contributed by atoms with E-state index in [-0.39, 0.29) is 5.41 Å². The van der Waals surface area contributed by atoms with Gasteiger partial charge >= 0.3 is 0 Å². The van der Waals surface area contributed by atoms with Crippen LogP contribution in [0.5, 0.6) is 0 Å². The molecule has 4 nitrogen and oxygen atoms in total. The first-order valence-electron chi connectivity index (χ1n) is 8.60. The van der Waals surface area contributed by atoms with Gasteiger partial charge in [0, 0.05) is 11.0 Å². The lowest BCUT2D eigenvalue weighted by Crippen LogP contribution is -2.49. The molecule has 4 saturated carbocycles. The van der Waals surface area contributed by atoms with Gasteiger partial charge < -0.3 is 5.73 Å². The number of nitrogens with two attached hydrogens (primary N) is 1. The molecule has 23 heavy (non-hydrogen) atoms. The number of anilines is 1. The topological polar surface area (TPSA) is 67.6 Å². The first-order valence-corrected chi connectivity index (χ1v) is 8.97. The summed E-state index contributed by atoms with van der Waals surface area (Å²) < 4.78 is 0. The molecule has 3 N–H and O–H groups in total. The molecular formula is C18H21ClN4. The van der Waals surface area contributed by atoms with E-state index in [9.17, 15) is 0 Å². The number of rotatable bonds is 2. The van der Waals surface area contributed by atoms with Crippen LogP contribution in [0, 0.1) is 17.8 Å². The lowest BCUT2D eigenvalue weighted by molar-refractivity contribution is -0.00920. The number of hydrogen-bond donors (Lipinski definition) is 2. The number of nitrogens with zero attached hydrogens (tertiary/aromatic N) is 2. The van der Waals surface area contributed by atoms with Crippen LogP contribution < -0.4 is 5.73 Å². The molecule has 0 saturated heterocycles. The quantitative estimate of drug-likeness (QED) is 0.813. The van der Waals surface area contributed by atoms with Gasteiger partial charge in [-0.2, -0.15) is 5.10 Å². The molecule has 1 aromatic heterocycles. The first-order chi connectivity index (χ1) is 11.1. The Morgan fingerprint density at radius 2 is 1.74 bits per heavy atom. The van der Waals surface area contributed by atoms with E-state index in [1.54, 1.807) is 0 Å². The van der Waals surface area contributed by atoms with Crippen LogP contribution in [0.3, 0.4) is 0 Å². The van der Waals surface area contributed by atoms with Crippen molar-refractivity contribution in [1.29, 1.82) is 0 Å². The highest BCUT2D eigenvalue weighted by atomic mass is 35.5. The van der Waals surface area contributed by atoms with Gasteiger partial charge in [-0.05, 0) is 74.5 Å². The van der Waals surface area contributed by atoms with Crippen molar-refractivity contribution < 1.29 is 0 Å². The Kier molecular flexibility index (Phi) is 2.85. The van der Waals surface area contributed by atoms with Crippen molar-refractivity contribution in [2.75, 3.05) is 5.73 Å². The van der Waals surface area contributed by atoms with Gasteiger partial charge in [-0.15, -0.1) is 0 Å². The summed E-state index contributed by atoms with van der Waals surface area (Å²) in [6, 6.07) is 5.60. The minimum Gasteiger partial charge on any atom is -0.398 e. The zero-order valence-corrected chi connectivity index (χ0v) is 13.8. The minimum atomic E-state index is 0.248. The van der Waals surface area contributed by atoms with Crippen LogP contribution in [0.4, 0.5) is 5.69 Å². The third-order valence-electron chi connectivity index (χ3n) is 6.28. The normalized spacial score (nSPS) is 34.9. The van der Waals surface area contributed by atoms with Crippen molar-refractivity contribution >= 4 is 17.3 Å². The highest BCUT2D eigenvalue weighted by Crippen LogP contribution is 2.60. The third-order valence-corrected chi connectivity index (χ3v) is 6.62. The van der Waals surface area contributed by atoms with Crippen molar-refractivity contribution in [3.8, 4) is 11.4 Å². The van der Waals surface area contributed by atoms with E-state index in [2.05, 4.69) is 10.2 Å². The second kappa shape index (κ2) is 4.73. The lowest BCUT2D eigenvalue weighted by Gasteiger charge is -2.55. The van der Waals surface area contributed by atoms with Crippen molar-refractivity contribution in [3.05, 3.63) is 29.0 Å². The number of halogens is 1. The molecule has 4 aliphatic carbocycles. The Balaban J connectivity index is 1.51. The van der Waals surface area contributed by atoms with Gasteiger partial charge in [0.1, 0.15) is 5.82 Å². The Bertz CT molecular complexity index is 731. The maximum Gasteiger partial charge on any atom is 0.181 e. The van der Waals surface area contributed by atoms with E-state index in [1.807, 2.05) is 18.2 Å². The van der Waals surface area contributed by atoms with Crippen molar-refractivity contribution in [2.24, 2.45) is 17.8 Å². The van der Waals surface area contributed by atoms with Crippen LogP contribution in [0.25, 0.3) is 11.4 Å². The molecule has 1 aromatic carbocycles. The average Bonchev–Trinajstić information content (AvgIpc) is 2.99. The predicted octanol–water partition coefficient (Wildman–Crippen LogP) is 4.18. The largest absolute Gasteiger partial charge is 0.398 e. The summed E-state index contributed by atoms with van der Waals surface area (Å²) in [7, 11) is 0. The Hall–Kier alpha value is -1.55. The number of nitrogens with one attached hydrogen (secondary N) is 1. The molecule has 0 unspecified atom stereocenters. The standard InChI is InChI=1S/C18H21ClN4/c19-14-2-1-13(6-15(14)20)16-21-17(23-22-16)18-7-10-3-11(8-18)5-12(4-10)9-18/h1-2,6,10-12H,3-5,7-9,20H2,(H,21,22,23). The van der Waals surface area contributed by atoms with Gasteiger partial charge in [0.05, 0.1) is 10.7 Å². The van der Waals surface area contributed by atoms with Crippen LogP contribution in [-0.2, 0) is 5.41 Å². The van der Waals surface area contributed by atoms with Gasteiger partial charge in [0.15, 0.2) is 5.82 Å². The lowest BCUT2D eigenvalue weighted by atomic mass is 9.49. The number of benzene rings is 1. The molecule has 0 atom stereocenters. The van der Waals surface area contributed by atoms with E-state index >= 15 is 0 Å². The second-order valence-electron chi connectivity index (χ2n) is 7.94. The van der Waals surface area contributed by atoms with Gasteiger partial charge in [-0.25, -0.2) is 4.98 Å². The van der Waals surface area contributed by atoms with E-state index in [0.29, 0.717) is 10.7 Å². The summed E-state index contributed by atoms with van der Waals surface area (Å²) in [6.07, 6.45) is 8.18. The zero-order chi connectivity index (χ0) is 15.6. The van der Waals surface area contributed by atoms with Crippen LogP contribution in [0.2, 0.25) is 5.02 Å². The Labute approximate surface area is 140 Å².